The average Bonchev–Trinajstić information content (AvgIpc) is 3.44. The summed E-state index contributed by atoms with van der Waals surface area (Å²) in [7, 11) is 2.53. The maximum Gasteiger partial charge on any atom is 0.410 e. The van der Waals surface area contributed by atoms with Crippen LogP contribution in [-0.2, 0) is 14.3 Å². The fourth-order valence-corrected chi connectivity index (χ4v) is 3.78. The van der Waals surface area contributed by atoms with E-state index in [1.54, 1.807) is 6.20 Å². The number of hydrogen-bond donors (Lipinski definition) is 2. The minimum absolute atomic E-state index is 0.0105. The predicted octanol–water partition coefficient (Wildman–Crippen LogP) is 3.13. The Bertz CT molecular complexity index is 977. The number of benzene rings is 1. The Morgan fingerprint density at radius 1 is 1.19 bits per heavy atom. The number of nitrogens with one attached hydrogen (secondary N) is 2. The third-order valence-electron chi connectivity index (χ3n) is 5.25. The Balaban J connectivity index is 1.91. The third-order valence-corrected chi connectivity index (χ3v) is 5.78. The van der Waals surface area contributed by atoms with E-state index in [1.807, 2.05) is 38.1 Å². The second kappa shape index (κ2) is 10.0. The predicted molar refractivity (Wildman–Crippen MR) is 119 cm³/mol. The molecule has 2 N–H and O–H groups in total. The van der Waals surface area contributed by atoms with Gasteiger partial charge in [0, 0.05) is 16.2 Å². The highest BCUT2D eigenvalue weighted by atomic mass is 79.9. The first-order valence-corrected chi connectivity index (χ1v) is 10.8. The maximum absolute atomic E-state index is 13.4. The molecule has 2 aromatic rings. The van der Waals surface area contributed by atoms with Crippen molar-refractivity contribution in [1.82, 2.24) is 25.1 Å². The van der Waals surface area contributed by atoms with Gasteiger partial charge in [-0.05, 0) is 18.1 Å². The second-order valence-corrected chi connectivity index (χ2v) is 8.61. The van der Waals surface area contributed by atoms with Gasteiger partial charge in [0.1, 0.15) is 17.9 Å². The lowest BCUT2D eigenvalue weighted by Gasteiger charge is -2.29. The molecular weight excluding hydrogens is 482 g/mol. The summed E-state index contributed by atoms with van der Waals surface area (Å²) in [6.07, 6.45) is 0.509. The molecule has 1 aliphatic heterocycles. The van der Waals surface area contributed by atoms with Crippen molar-refractivity contribution in [2.75, 3.05) is 27.4 Å². The van der Waals surface area contributed by atoms with E-state index in [9.17, 15) is 14.4 Å². The van der Waals surface area contributed by atoms with Gasteiger partial charge in [0.25, 0.3) is 0 Å². The average molecular weight is 508 g/mol. The number of carbonyl (C=O) groups excluding carboxylic acids is 3. The molecule has 0 unspecified atom stereocenters. The lowest BCUT2D eigenvalue weighted by molar-refractivity contribution is -0.135. The number of aromatic amines is 1. The lowest BCUT2D eigenvalue weighted by Crippen LogP contribution is -2.51. The van der Waals surface area contributed by atoms with Crippen LogP contribution in [0.4, 0.5) is 9.59 Å². The van der Waals surface area contributed by atoms with E-state index < -0.39 is 24.3 Å². The topological polar surface area (TPSA) is 117 Å². The maximum atomic E-state index is 13.4. The minimum Gasteiger partial charge on any atom is -0.453 e. The summed E-state index contributed by atoms with van der Waals surface area (Å²) in [5, 5.41) is 2.59. The number of H-pyrrole nitrogens is 1. The molecule has 0 saturated carbocycles. The quantitative estimate of drug-likeness (QED) is 0.641. The van der Waals surface area contributed by atoms with Gasteiger partial charge in [0.05, 0.1) is 33.1 Å². The highest BCUT2D eigenvalue weighted by molar-refractivity contribution is 9.10. The standard InChI is InChI=1S/C21H26BrN5O5/c1-12(2)17(25-20(29)31-3)19(28)27-11-26(21(30)32-4)10-16(27)18-23-9-15(24-18)13-5-7-14(22)8-6-13/h5-9,12,16-17H,10-11H2,1-4H3,(H,23,24)(H,25,29)/t16-,17-/m0/s1. The first kappa shape index (κ1) is 23.6. The molecule has 1 aromatic heterocycles. The molecular formula is C21H26BrN5O5. The molecule has 3 amide bonds. The number of aromatic nitrogens is 2. The molecule has 0 aliphatic carbocycles. The van der Waals surface area contributed by atoms with Gasteiger partial charge >= 0.3 is 12.2 Å². The molecule has 32 heavy (non-hydrogen) atoms. The summed E-state index contributed by atoms with van der Waals surface area (Å²) in [5.74, 6) is -0.0176. The number of imidazole rings is 1. The smallest absolute Gasteiger partial charge is 0.410 e. The van der Waals surface area contributed by atoms with Crippen molar-refractivity contribution in [2.24, 2.45) is 5.92 Å². The van der Waals surface area contributed by atoms with Crippen molar-refractivity contribution in [2.45, 2.75) is 25.9 Å². The van der Waals surface area contributed by atoms with Crippen LogP contribution < -0.4 is 5.32 Å². The fourth-order valence-electron chi connectivity index (χ4n) is 3.52. The molecule has 172 valence electrons. The normalized spacial score (nSPS) is 16.8. The van der Waals surface area contributed by atoms with Crippen LogP contribution in [0.25, 0.3) is 11.3 Å². The summed E-state index contributed by atoms with van der Waals surface area (Å²) in [5.41, 5.74) is 1.62. The number of ether oxygens (including phenoxy) is 2. The molecule has 0 spiro atoms. The molecule has 2 atom stereocenters. The third kappa shape index (κ3) is 5.04. The molecule has 1 aromatic carbocycles. The van der Waals surface area contributed by atoms with Crippen molar-refractivity contribution >= 4 is 34.0 Å². The zero-order chi connectivity index (χ0) is 23.4. The van der Waals surface area contributed by atoms with Gasteiger partial charge in [0.2, 0.25) is 5.91 Å². The van der Waals surface area contributed by atoms with E-state index in [1.165, 1.54) is 24.0 Å². The SMILES string of the molecule is COC(=O)N[C@H](C(=O)N1CN(C(=O)OC)C[C@H]1c1nc(-c2ccc(Br)cc2)c[nH]1)C(C)C. The van der Waals surface area contributed by atoms with Crippen molar-refractivity contribution in [3.8, 4) is 11.3 Å². The van der Waals surface area contributed by atoms with E-state index in [4.69, 9.17) is 4.74 Å². The van der Waals surface area contributed by atoms with Crippen LogP contribution in [0, 0.1) is 5.92 Å². The summed E-state index contributed by atoms with van der Waals surface area (Å²) in [6.45, 7) is 3.85. The van der Waals surface area contributed by atoms with Crippen LogP contribution in [0.15, 0.2) is 34.9 Å². The van der Waals surface area contributed by atoms with Crippen molar-refractivity contribution < 1.29 is 23.9 Å². The summed E-state index contributed by atoms with van der Waals surface area (Å²) in [4.78, 5) is 48.1. The highest BCUT2D eigenvalue weighted by Gasteiger charge is 2.42. The molecule has 1 aliphatic rings. The Labute approximate surface area is 194 Å². The van der Waals surface area contributed by atoms with Crippen LogP contribution in [-0.4, -0.2) is 71.3 Å². The van der Waals surface area contributed by atoms with E-state index in [0.29, 0.717) is 11.5 Å². The number of methoxy groups -OCH3 is 2. The zero-order valence-corrected chi connectivity index (χ0v) is 19.9. The van der Waals surface area contributed by atoms with E-state index in [2.05, 4.69) is 36.0 Å². The van der Waals surface area contributed by atoms with Crippen molar-refractivity contribution in [3.05, 3.63) is 40.8 Å². The Morgan fingerprint density at radius 2 is 1.88 bits per heavy atom. The van der Waals surface area contributed by atoms with Gasteiger partial charge in [-0.25, -0.2) is 14.6 Å². The second-order valence-electron chi connectivity index (χ2n) is 7.69. The molecule has 0 bridgehead atoms. The number of rotatable bonds is 5. The zero-order valence-electron chi connectivity index (χ0n) is 18.3. The Hall–Kier alpha value is -3.08. The number of carbonyl (C=O) groups is 3. The van der Waals surface area contributed by atoms with Crippen molar-refractivity contribution in [1.29, 1.82) is 0 Å². The van der Waals surface area contributed by atoms with Gasteiger partial charge in [0.15, 0.2) is 0 Å². The van der Waals surface area contributed by atoms with E-state index in [0.717, 1.165) is 10.0 Å². The van der Waals surface area contributed by atoms with Gasteiger partial charge < -0.3 is 24.7 Å². The number of hydrogen-bond acceptors (Lipinski definition) is 6. The Morgan fingerprint density at radius 3 is 2.47 bits per heavy atom. The first-order valence-electron chi connectivity index (χ1n) is 10.0. The van der Waals surface area contributed by atoms with Gasteiger partial charge in [-0.15, -0.1) is 0 Å². The van der Waals surface area contributed by atoms with Crippen LogP contribution in [0.1, 0.15) is 25.7 Å². The summed E-state index contributed by atoms with van der Waals surface area (Å²) in [6, 6.07) is 6.32. The molecule has 10 nitrogen and oxygen atoms in total. The molecule has 1 saturated heterocycles. The van der Waals surface area contributed by atoms with Crippen LogP contribution >= 0.6 is 15.9 Å². The molecule has 2 heterocycles. The monoisotopic (exact) mass is 507 g/mol. The minimum atomic E-state index is -0.830. The van der Waals surface area contributed by atoms with Gasteiger partial charge in [-0.1, -0.05) is 41.9 Å². The van der Waals surface area contributed by atoms with Gasteiger partial charge in [-0.2, -0.15) is 0 Å². The van der Waals surface area contributed by atoms with E-state index in [-0.39, 0.29) is 25.0 Å². The highest BCUT2D eigenvalue weighted by Crippen LogP contribution is 2.30. The number of alkyl carbamates (subject to hydrolysis) is 1. The van der Waals surface area contributed by atoms with Crippen LogP contribution in [0.5, 0.6) is 0 Å². The van der Waals surface area contributed by atoms with Crippen LogP contribution in [0.3, 0.4) is 0 Å². The first-order chi connectivity index (χ1) is 15.2. The molecule has 1 fully saturated rings. The van der Waals surface area contributed by atoms with Crippen LogP contribution in [0.2, 0.25) is 0 Å². The molecule has 11 heteroatoms. The lowest BCUT2D eigenvalue weighted by atomic mass is 10.0. The van der Waals surface area contributed by atoms with E-state index >= 15 is 0 Å². The number of halogens is 1. The molecule has 3 rings (SSSR count). The molecule has 0 radical (unpaired) electrons. The fraction of sp³-hybridized carbons (Fsp3) is 0.429. The van der Waals surface area contributed by atoms with Gasteiger partial charge in [-0.3, -0.25) is 9.69 Å². The largest absolute Gasteiger partial charge is 0.453 e. The number of nitrogens with zero attached hydrogens (tertiary/aromatic N) is 3. The Kier molecular flexibility index (Phi) is 7.39. The summed E-state index contributed by atoms with van der Waals surface area (Å²) >= 11 is 3.41. The summed E-state index contributed by atoms with van der Waals surface area (Å²) < 4.78 is 10.5. The van der Waals surface area contributed by atoms with Crippen molar-refractivity contribution in [3.63, 3.8) is 0 Å². The number of amides is 3.